The van der Waals surface area contributed by atoms with Gasteiger partial charge < -0.3 is 9.47 Å². The van der Waals surface area contributed by atoms with E-state index in [0.717, 1.165) is 48.1 Å². The van der Waals surface area contributed by atoms with Gasteiger partial charge in [0, 0.05) is 18.5 Å². The zero-order valence-electron chi connectivity index (χ0n) is 22.3. The second-order valence-corrected chi connectivity index (χ2v) is 12.3. The van der Waals surface area contributed by atoms with Gasteiger partial charge in [0.15, 0.2) is 6.61 Å². The van der Waals surface area contributed by atoms with Crippen molar-refractivity contribution in [3.05, 3.63) is 82.9 Å². The fourth-order valence-corrected chi connectivity index (χ4v) is 7.17. The van der Waals surface area contributed by atoms with E-state index in [4.69, 9.17) is 9.47 Å². The second-order valence-electron chi connectivity index (χ2n) is 10.4. The molecule has 6 nitrogen and oxygen atoms in total. The first kappa shape index (κ1) is 28.2. The SMILES string of the molecule is CCOC(=O)COc1ccc(S(=O)(=O)N2Cc3cc(-c4ccc(C(F)(F)F)cc4)ccc3C3(CCC3)C2)cc1C. The number of esters is 1. The Labute approximate surface area is 231 Å². The summed E-state index contributed by atoms with van der Waals surface area (Å²) in [6, 6.07) is 15.4. The van der Waals surface area contributed by atoms with Crippen molar-refractivity contribution < 1.29 is 35.9 Å². The van der Waals surface area contributed by atoms with Gasteiger partial charge in [-0.3, -0.25) is 0 Å². The maximum Gasteiger partial charge on any atom is 0.416 e. The van der Waals surface area contributed by atoms with E-state index < -0.39 is 27.7 Å². The van der Waals surface area contributed by atoms with Gasteiger partial charge in [-0.15, -0.1) is 0 Å². The molecule has 0 radical (unpaired) electrons. The molecule has 0 amide bonds. The van der Waals surface area contributed by atoms with Gasteiger partial charge in [0.05, 0.1) is 17.1 Å². The first-order valence-corrected chi connectivity index (χ1v) is 14.6. The first-order valence-electron chi connectivity index (χ1n) is 13.1. The summed E-state index contributed by atoms with van der Waals surface area (Å²) in [4.78, 5) is 11.8. The highest BCUT2D eigenvalue weighted by Gasteiger charge is 2.47. The number of carbonyl (C=O) groups excluding carboxylic acids is 1. The van der Waals surface area contributed by atoms with Crippen LogP contribution in [0, 0.1) is 6.92 Å². The van der Waals surface area contributed by atoms with Gasteiger partial charge in [0.1, 0.15) is 5.75 Å². The number of rotatable bonds is 7. The van der Waals surface area contributed by atoms with Gasteiger partial charge in [-0.1, -0.05) is 30.7 Å². The molecule has 0 aromatic heterocycles. The van der Waals surface area contributed by atoms with Crippen LogP contribution in [0.5, 0.6) is 5.75 Å². The Balaban J connectivity index is 1.42. The quantitative estimate of drug-likeness (QED) is 0.313. The highest BCUT2D eigenvalue weighted by atomic mass is 32.2. The molecule has 0 saturated heterocycles. The Kier molecular flexibility index (Phi) is 7.43. The van der Waals surface area contributed by atoms with Crippen LogP contribution >= 0.6 is 0 Å². The first-order chi connectivity index (χ1) is 18.9. The van der Waals surface area contributed by atoms with E-state index in [1.807, 2.05) is 18.2 Å². The molecule has 1 aliphatic heterocycles. The lowest BCUT2D eigenvalue weighted by Gasteiger charge is -2.49. The molecule has 3 aromatic rings. The second kappa shape index (κ2) is 10.6. The zero-order chi connectivity index (χ0) is 28.7. The van der Waals surface area contributed by atoms with Crippen LogP contribution in [0.25, 0.3) is 11.1 Å². The highest BCUT2D eigenvalue weighted by Crippen LogP contribution is 2.50. The fourth-order valence-electron chi connectivity index (χ4n) is 5.58. The van der Waals surface area contributed by atoms with Crippen molar-refractivity contribution in [2.24, 2.45) is 0 Å². The van der Waals surface area contributed by atoms with Gasteiger partial charge in [-0.05, 0) is 90.9 Å². The topological polar surface area (TPSA) is 72.9 Å². The number of alkyl halides is 3. The molecule has 0 atom stereocenters. The average Bonchev–Trinajstić information content (AvgIpc) is 2.90. The van der Waals surface area contributed by atoms with Gasteiger partial charge in [0.2, 0.25) is 10.0 Å². The smallest absolute Gasteiger partial charge is 0.416 e. The number of benzene rings is 3. The predicted octanol–water partition coefficient (Wildman–Crippen LogP) is 6.25. The molecule has 1 heterocycles. The molecule has 0 N–H and O–H groups in total. The van der Waals surface area contributed by atoms with Crippen molar-refractivity contribution in [3.63, 3.8) is 0 Å². The molecule has 10 heteroatoms. The van der Waals surface area contributed by atoms with E-state index in [9.17, 15) is 26.4 Å². The third-order valence-electron chi connectivity index (χ3n) is 7.79. The molecule has 1 saturated carbocycles. The Bertz CT molecular complexity index is 1530. The van der Waals surface area contributed by atoms with Gasteiger partial charge in [-0.2, -0.15) is 17.5 Å². The van der Waals surface area contributed by atoms with E-state index in [1.54, 1.807) is 19.9 Å². The Morgan fingerprint density at radius 3 is 2.30 bits per heavy atom. The monoisotopic (exact) mass is 573 g/mol. The summed E-state index contributed by atoms with van der Waals surface area (Å²) < 4.78 is 78.6. The van der Waals surface area contributed by atoms with Crippen LogP contribution in [0.2, 0.25) is 0 Å². The lowest BCUT2D eigenvalue weighted by molar-refractivity contribution is -0.145. The Morgan fingerprint density at radius 2 is 1.70 bits per heavy atom. The van der Waals surface area contributed by atoms with Crippen molar-refractivity contribution in [3.8, 4) is 16.9 Å². The zero-order valence-corrected chi connectivity index (χ0v) is 23.1. The number of halogens is 3. The van der Waals surface area contributed by atoms with E-state index in [1.165, 1.54) is 28.6 Å². The fraction of sp³-hybridized carbons (Fsp3) is 0.367. The number of nitrogens with zero attached hydrogens (tertiary/aromatic N) is 1. The number of sulfonamides is 1. The summed E-state index contributed by atoms with van der Waals surface area (Å²) in [5.41, 5.74) is 2.92. The molecular weight excluding hydrogens is 543 g/mol. The number of carbonyl (C=O) groups is 1. The summed E-state index contributed by atoms with van der Waals surface area (Å²) in [7, 11) is -3.87. The van der Waals surface area contributed by atoms with Crippen LogP contribution in [0.15, 0.2) is 65.6 Å². The van der Waals surface area contributed by atoms with Gasteiger partial charge in [0.25, 0.3) is 0 Å². The largest absolute Gasteiger partial charge is 0.482 e. The molecule has 1 spiro atoms. The van der Waals surface area contributed by atoms with E-state index in [0.29, 0.717) is 23.4 Å². The van der Waals surface area contributed by atoms with Crippen molar-refractivity contribution in [2.45, 2.75) is 56.1 Å². The molecule has 40 heavy (non-hydrogen) atoms. The summed E-state index contributed by atoms with van der Waals surface area (Å²) in [5, 5.41) is 0. The van der Waals surface area contributed by atoms with Crippen LogP contribution in [0.3, 0.4) is 0 Å². The molecule has 5 rings (SSSR count). The Morgan fingerprint density at radius 1 is 1.00 bits per heavy atom. The van der Waals surface area contributed by atoms with Gasteiger partial charge in [-0.25, -0.2) is 13.2 Å². The number of hydrogen-bond acceptors (Lipinski definition) is 5. The van der Waals surface area contributed by atoms with Crippen LogP contribution < -0.4 is 4.74 Å². The van der Waals surface area contributed by atoms with Crippen LogP contribution in [-0.2, 0) is 37.7 Å². The number of aryl methyl sites for hydroxylation is 1. The lowest BCUT2D eigenvalue weighted by Crippen LogP contribution is -2.51. The highest BCUT2D eigenvalue weighted by molar-refractivity contribution is 7.89. The summed E-state index contributed by atoms with van der Waals surface area (Å²) in [6.07, 6.45) is -1.68. The predicted molar refractivity (Wildman–Crippen MR) is 143 cm³/mol. The van der Waals surface area contributed by atoms with Crippen LogP contribution in [0.1, 0.15) is 48.4 Å². The number of fused-ring (bicyclic) bond motifs is 2. The van der Waals surface area contributed by atoms with Crippen molar-refractivity contribution >= 4 is 16.0 Å². The summed E-state index contributed by atoms with van der Waals surface area (Å²) in [5.74, 6) is -0.111. The molecule has 1 fully saturated rings. The third-order valence-corrected chi connectivity index (χ3v) is 9.58. The minimum atomic E-state index is -4.41. The van der Waals surface area contributed by atoms with Crippen LogP contribution in [-0.4, -0.2) is 38.5 Å². The maximum absolute atomic E-state index is 13.8. The molecular formula is C30H30F3NO5S. The van der Waals surface area contributed by atoms with E-state index in [-0.39, 0.29) is 30.1 Å². The molecule has 212 valence electrons. The standard InChI is InChI=1S/C30H30F3NO5S/c1-3-38-28(35)18-39-27-12-10-25(15-20(27)2)40(36,37)34-17-23-16-22(7-11-26(23)29(19-34)13-4-14-29)21-5-8-24(9-6-21)30(31,32)33/h5-12,15-16H,3-4,13-14,17-19H2,1-2H3. The van der Waals surface area contributed by atoms with E-state index >= 15 is 0 Å². The number of hydrogen-bond donors (Lipinski definition) is 0. The molecule has 2 aliphatic rings. The Hall–Kier alpha value is -3.37. The molecule has 1 aliphatic carbocycles. The normalized spacial score (nSPS) is 16.7. The third kappa shape index (κ3) is 5.34. The summed E-state index contributed by atoms with van der Waals surface area (Å²) >= 11 is 0. The molecule has 0 unspecified atom stereocenters. The van der Waals surface area contributed by atoms with Crippen LogP contribution in [0.4, 0.5) is 13.2 Å². The van der Waals surface area contributed by atoms with Crippen molar-refractivity contribution in [1.82, 2.24) is 4.31 Å². The van der Waals surface area contributed by atoms with Gasteiger partial charge >= 0.3 is 12.1 Å². The van der Waals surface area contributed by atoms with Crippen molar-refractivity contribution in [1.29, 1.82) is 0 Å². The maximum atomic E-state index is 13.8. The summed E-state index contributed by atoms with van der Waals surface area (Å²) in [6.45, 7) is 3.91. The minimum Gasteiger partial charge on any atom is -0.482 e. The molecule has 0 bridgehead atoms. The minimum absolute atomic E-state index is 0.130. The average molecular weight is 574 g/mol. The lowest BCUT2D eigenvalue weighted by atomic mass is 9.62. The van der Waals surface area contributed by atoms with Crippen molar-refractivity contribution in [2.75, 3.05) is 19.8 Å². The number of ether oxygens (including phenoxy) is 2. The van der Waals surface area contributed by atoms with E-state index in [2.05, 4.69) is 0 Å². The molecule has 3 aromatic carbocycles.